The minimum absolute atomic E-state index is 0.200. The third-order valence-electron chi connectivity index (χ3n) is 1.72. The highest BCUT2D eigenvalue weighted by molar-refractivity contribution is 9.11. The van der Waals surface area contributed by atoms with Gasteiger partial charge in [-0.3, -0.25) is 0 Å². The molecule has 0 radical (unpaired) electrons. The largest absolute Gasteiger partial charge is 0.137 e. The number of halogens is 2. The van der Waals surface area contributed by atoms with Gasteiger partial charge in [0.2, 0.25) is 0 Å². The van der Waals surface area contributed by atoms with Crippen molar-refractivity contribution in [2.24, 2.45) is 5.41 Å². The Balaban J connectivity index is 2.70. The zero-order valence-corrected chi connectivity index (χ0v) is 10.4. The van der Waals surface area contributed by atoms with Gasteiger partial charge >= 0.3 is 0 Å². The Labute approximate surface area is 91.1 Å². The molecule has 0 amide bonds. The molecule has 0 saturated heterocycles. The van der Waals surface area contributed by atoms with E-state index in [4.69, 9.17) is 11.6 Å². The lowest BCUT2D eigenvalue weighted by molar-refractivity contribution is 0.418. The molecule has 3 heteroatoms. The Bertz CT molecular complexity index is 255. The molecule has 0 saturated carbocycles. The van der Waals surface area contributed by atoms with Crippen LogP contribution in [0.1, 0.15) is 19.4 Å². The third kappa shape index (κ3) is 2.75. The standard InChI is InChI=1S/C9H12BrClS/c1-9(2,6-11)5-7-3-4-12-8(7)10/h3-4H,5-6H2,1-2H3. The van der Waals surface area contributed by atoms with Gasteiger partial charge in [0.1, 0.15) is 0 Å². The molecule has 0 fully saturated rings. The second-order valence-corrected chi connectivity index (χ2v) is 6.20. The summed E-state index contributed by atoms with van der Waals surface area (Å²) in [6, 6.07) is 2.16. The maximum atomic E-state index is 5.85. The molecular formula is C9H12BrClS. The summed E-state index contributed by atoms with van der Waals surface area (Å²) >= 11 is 11.1. The summed E-state index contributed by atoms with van der Waals surface area (Å²) in [6.45, 7) is 4.37. The topological polar surface area (TPSA) is 0 Å². The van der Waals surface area contributed by atoms with Crippen molar-refractivity contribution in [3.8, 4) is 0 Å². The van der Waals surface area contributed by atoms with Crippen LogP contribution in [-0.2, 0) is 6.42 Å². The zero-order chi connectivity index (χ0) is 9.19. The van der Waals surface area contributed by atoms with Crippen LogP contribution in [-0.4, -0.2) is 5.88 Å². The molecule has 1 rings (SSSR count). The van der Waals surface area contributed by atoms with E-state index in [-0.39, 0.29) is 5.41 Å². The molecule has 0 nitrogen and oxygen atoms in total. The van der Waals surface area contributed by atoms with Gasteiger partial charge in [-0.15, -0.1) is 22.9 Å². The number of thiophene rings is 1. The van der Waals surface area contributed by atoms with Crippen LogP contribution in [0.2, 0.25) is 0 Å². The monoisotopic (exact) mass is 266 g/mol. The van der Waals surface area contributed by atoms with E-state index in [2.05, 4.69) is 41.2 Å². The summed E-state index contributed by atoms with van der Waals surface area (Å²) in [5, 5.41) is 2.10. The van der Waals surface area contributed by atoms with Crippen molar-refractivity contribution in [2.45, 2.75) is 20.3 Å². The van der Waals surface area contributed by atoms with Crippen molar-refractivity contribution in [2.75, 3.05) is 5.88 Å². The van der Waals surface area contributed by atoms with Crippen LogP contribution < -0.4 is 0 Å². The van der Waals surface area contributed by atoms with Gasteiger partial charge in [-0.05, 0) is 44.8 Å². The minimum Gasteiger partial charge on any atom is -0.137 e. The van der Waals surface area contributed by atoms with E-state index >= 15 is 0 Å². The molecule has 0 aliphatic carbocycles. The van der Waals surface area contributed by atoms with Gasteiger partial charge in [0.05, 0.1) is 3.79 Å². The van der Waals surface area contributed by atoms with E-state index in [1.165, 1.54) is 9.35 Å². The Morgan fingerprint density at radius 1 is 1.58 bits per heavy atom. The summed E-state index contributed by atoms with van der Waals surface area (Å²) in [6.07, 6.45) is 1.04. The molecular weight excluding hydrogens is 256 g/mol. The molecule has 1 aromatic heterocycles. The molecule has 1 heterocycles. The van der Waals surface area contributed by atoms with E-state index in [0.29, 0.717) is 5.88 Å². The van der Waals surface area contributed by atoms with Crippen LogP contribution in [0.25, 0.3) is 0 Å². The molecule has 0 spiro atoms. The van der Waals surface area contributed by atoms with E-state index in [9.17, 15) is 0 Å². The third-order valence-corrected chi connectivity index (χ3v) is 4.26. The van der Waals surface area contributed by atoms with Crippen LogP contribution >= 0.6 is 38.9 Å². The number of rotatable bonds is 3. The van der Waals surface area contributed by atoms with E-state index in [0.717, 1.165) is 6.42 Å². The van der Waals surface area contributed by atoms with Gasteiger partial charge in [0.15, 0.2) is 0 Å². The smallest absolute Gasteiger partial charge is 0.0730 e. The van der Waals surface area contributed by atoms with E-state index < -0.39 is 0 Å². The lowest BCUT2D eigenvalue weighted by Gasteiger charge is -2.20. The second kappa shape index (κ2) is 4.12. The summed E-state index contributed by atoms with van der Waals surface area (Å²) < 4.78 is 1.24. The van der Waals surface area contributed by atoms with Crippen molar-refractivity contribution in [3.05, 3.63) is 20.8 Å². The van der Waals surface area contributed by atoms with Crippen LogP contribution in [0.3, 0.4) is 0 Å². The van der Waals surface area contributed by atoms with Crippen molar-refractivity contribution in [1.82, 2.24) is 0 Å². The first kappa shape index (κ1) is 10.6. The van der Waals surface area contributed by atoms with Crippen molar-refractivity contribution in [1.29, 1.82) is 0 Å². The van der Waals surface area contributed by atoms with Gasteiger partial charge in [-0.2, -0.15) is 0 Å². The van der Waals surface area contributed by atoms with E-state index in [1.807, 2.05) is 0 Å². The van der Waals surface area contributed by atoms with E-state index in [1.54, 1.807) is 11.3 Å². The quantitative estimate of drug-likeness (QED) is 0.716. The average Bonchev–Trinajstić information content (AvgIpc) is 2.36. The summed E-state index contributed by atoms with van der Waals surface area (Å²) in [7, 11) is 0. The summed E-state index contributed by atoms with van der Waals surface area (Å²) in [4.78, 5) is 0. The molecule has 1 aromatic rings. The minimum atomic E-state index is 0.200. The Morgan fingerprint density at radius 2 is 2.25 bits per heavy atom. The SMILES string of the molecule is CC(C)(CCl)Cc1ccsc1Br. The van der Waals surface area contributed by atoms with Crippen LogP contribution in [0.15, 0.2) is 15.2 Å². The highest BCUT2D eigenvalue weighted by Gasteiger charge is 2.18. The van der Waals surface area contributed by atoms with Crippen LogP contribution in [0.5, 0.6) is 0 Å². The maximum Gasteiger partial charge on any atom is 0.0730 e. The van der Waals surface area contributed by atoms with Crippen molar-refractivity contribution in [3.63, 3.8) is 0 Å². The lowest BCUT2D eigenvalue weighted by atomic mass is 9.89. The fourth-order valence-corrected chi connectivity index (χ4v) is 2.34. The predicted octanol–water partition coefficient (Wildman–Crippen LogP) is 4.32. The molecule has 68 valence electrons. The average molecular weight is 268 g/mol. The first-order valence-corrected chi connectivity index (χ1v) is 6.04. The zero-order valence-electron chi connectivity index (χ0n) is 7.23. The lowest BCUT2D eigenvalue weighted by Crippen LogP contribution is -2.16. The van der Waals surface area contributed by atoms with Gasteiger partial charge in [-0.1, -0.05) is 13.8 Å². The number of alkyl halides is 1. The fraction of sp³-hybridized carbons (Fsp3) is 0.556. The van der Waals surface area contributed by atoms with Crippen LogP contribution in [0, 0.1) is 5.41 Å². The number of hydrogen-bond acceptors (Lipinski definition) is 1. The molecule has 0 unspecified atom stereocenters. The normalized spacial score (nSPS) is 12.0. The molecule has 0 N–H and O–H groups in total. The highest BCUT2D eigenvalue weighted by Crippen LogP contribution is 2.30. The Hall–Kier alpha value is 0.470. The van der Waals surface area contributed by atoms with Crippen LogP contribution in [0.4, 0.5) is 0 Å². The Morgan fingerprint density at radius 3 is 2.67 bits per heavy atom. The molecule has 0 aliphatic rings. The first-order valence-electron chi connectivity index (χ1n) is 3.83. The highest BCUT2D eigenvalue weighted by atomic mass is 79.9. The first-order chi connectivity index (χ1) is 5.55. The predicted molar refractivity (Wildman–Crippen MR) is 60.2 cm³/mol. The molecule has 0 bridgehead atoms. The summed E-state index contributed by atoms with van der Waals surface area (Å²) in [5.41, 5.74) is 1.57. The van der Waals surface area contributed by atoms with Crippen molar-refractivity contribution < 1.29 is 0 Å². The summed E-state index contributed by atoms with van der Waals surface area (Å²) in [5.74, 6) is 0.704. The van der Waals surface area contributed by atoms with Crippen molar-refractivity contribution >= 4 is 38.9 Å². The van der Waals surface area contributed by atoms with Gasteiger partial charge < -0.3 is 0 Å². The van der Waals surface area contributed by atoms with Gasteiger partial charge in [0.25, 0.3) is 0 Å². The molecule has 0 aliphatic heterocycles. The second-order valence-electron chi connectivity index (χ2n) is 3.69. The van der Waals surface area contributed by atoms with Gasteiger partial charge in [0, 0.05) is 5.88 Å². The molecule has 12 heavy (non-hydrogen) atoms. The molecule has 0 aromatic carbocycles. The maximum absolute atomic E-state index is 5.85. The number of hydrogen-bond donors (Lipinski definition) is 0. The molecule has 0 atom stereocenters. The fourth-order valence-electron chi connectivity index (χ4n) is 1.01. The van der Waals surface area contributed by atoms with Gasteiger partial charge in [-0.25, -0.2) is 0 Å². The Kier molecular flexibility index (Phi) is 3.62.